The zero-order valence-electron chi connectivity index (χ0n) is 34.8. The van der Waals surface area contributed by atoms with E-state index in [4.69, 9.17) is 9.47 Å². The predicted molar refractivity (Wildman–Crippen MR) is 226 cm³/mol. The second-order valence-electron chi connectivity index (χ2n) is 14.3. The molecule has 0 radical (unpaired) electrons. The number of carbonyl (C=O) groups is 3. The number of carbonyl (C=O) groups excluding carboxylic acids is 3. The Balaban J connectivity index is 0.000000455. The van der Waals surface area contributed by atoms with Crippen LogP contribution in [0.2, 0.25) is 0 Å². The Hall–Kier alpha value is -4.28. The number of allylic oxidation sites excluding steroid dienone is 2. The minimum atomic E-state index is -0.172. The molecule has 5 rings (SSSR count). The average molecular weight is 758 g/mol. The Morgan fingerprint density at radius 2 is 1.62 bits per heavy atom. The van der Waals surface area contributed by atoms with Crippen LogP contribution in [0.3, 0.4) is 0 Å². The van der Waals surface area contributed by atoms with Crippen molar-refractivity contribution >= 4 is 41.4 Å². The molecular formula is C45H67N5O5. The van der Waals surface area contributed by atoms with E-state index < -0.39 is 0 Å². The van der Waals surface area contributed by atoms with Gasteiger partial charge in [-0.3, -0.25) is 14.6 Å². The Kier molecular flexibility index (Phi) is 19.9. The van der Waals surface area contributed by atoms with Crippen LogP contribution in [0.5, 0.6) is 5.75 Å². The number of likely N-dealkylation sites (tertiary alicyclic amines) is 1. The van der Waals surface area contributed by atoms with E-state index in [1.54, 1.807) is 6.20 Å². The van der Waals surface area contributed by atoms with Gasteiger partial charge in [0.1, 0.15) is 12.0 Å². The number of pyridine rings is 1. The lowest BCUT2D eigenvalue weighted by Crippen LogP contribution is -2.44. The number of hydrogen-bond acceptors (Lipinski definition) is 9. The number of amides is 1. The third-order valence-electron chi connectivity index (χ3n) is 10.6. The smallest absolute Gasteiger partial charge is 0.298 e. The van der Waals surface area contributed by atoms with Crippen molar-refractivity contribution < 1.29 is 23.9 Å². The van der Waals surface area contributed by atoms with E-state index in [1.807, 2.05) is 83.0 Å². The standard InChI is InChI=1S/C32H38N4O4.C11H23NO.C2H6/c1-5-26(17-25(19-37)16-24-14-22(2)32(40-21-39)23(3)15-24)35-12-10-27(11-13-35)36(20-38)30-18-34-29-9-7-6-8-28(29)31(30)33-4;1-3-7-12(8-4-2)11-5-9-13-10-6-11;1-2/h5-9,14-15,18-21,25,27H,10-13,16-17H2,1-4H3,(H,33,34);11H,3-10H2,1-2H3;1-2H3/t25-;;/m0../s1. The van der Waals surface area contributed by atoms with Crippen LogP contribution in [0.4, 0.5) is 11.4 Å². The number of aromatic nitrogens is 1. The van der Waals surface area contributed by atoms with Gasteiger partial charge in [-0.05, 0) is 108 Å². The number of para-hydroxylation sites is 1. The number of nitrogens with zero attached hydrogens (tertiary/aromatic N) is 4. The fourth-order valence-corrected chi connectivity index (χ4v) is 8.02. The maximum atomic E-state index is 12.3. The minimum Gasteiger partial charge on any atom is -0.428 e. The highest BCUT2D eigenvalue weighted by atomic mass is 16.5. The van der Waals surface area contributed by atoms with Crippen LogP contribution in [-0.4, -0.2) is 92.5 Å². The monoisotopic (exact) mass is 758 g/mol. The number of ether oxygens (including phenoxy) is 2. The molecule has 2 aliphatic heterocycles. The molecule has 2 aromatic carbocycles. The second kappa shape index (κ2) is 24.3. The summed E-state index contributed by atoms with van der Waals surface area (Å²) in [7, 11) is 1.87. The Morgan fingerprint density at radius 3 is 2.16 bits per heavy atom. The van der Waals surface area contributed by atoms with Crippen LogP contribution in [0.25, 0.3) is 10.9 Å². The van der Waals surface area contributed by atoms with Gasteiger partial charge >= 0.3 is 0 Å². The van der Waals surface area contributed by atoms with Crippen molar-refractivity contribution in [3.63, 3.8) is 0 Å². The molecule has 2 aliphatic rings. The number of aryl methyl sites for hydroxylation is 2. The summed E-state index contributed by atoms with van der Waals surface area (Å²) in [6.07, 6.45) is 13.7. The first-order valence-electron chi connectivity index (χ1n) is 20.5. The Labute approximate surface area is 330 Å². The van der Waals surface area contributed by atoms with Crippen molar-refractivity contribution in [2.24, 2.45) is 5.92 Å². The van der Waals surface area contributed by atoms with E-state index in [9.17, 15) is 14.4 Å². The van der Waals surface area contributed by atoms with Gasteiger partial charge in [0.05, 0.1) is 23.1 Å². The third kappa shape index (κ3) is 12.6. The predicted octanol–water partition coefficient (Wildman–Crippen LogP) is 8.52. The minimum absolute atomic E-state index is 0.0573. The molecule has 2 fully saturated rings. The van der Waals surface area contributed by atoms with Crippen LogP contribution in [-0.2, 0) is 25.5 Å². The number of nitrogens with one attached hydrogen (secondary N) is 1. The van der Waals surface area contributed by atoms with Crippen LogP contribution in [0, 0.1) is 19.8 Å². The molecule has 0 saturated carbocycles. The Bertz CT molecular complexity index is 1620. The number of hydrogen-bond donors (Lipinski definition) is 1. The zero-order chi connectivity index (χ0) is 40.2. The summed E-state index contributed by atoms with van der Waals surface area (Å²) in [5.74, 6) is 0.401. The van der Waals surface area contributed by atoms with Crippen LogP contribution >= 0.6 is 0 Å². The number of aldehydes is 1. The quantitative estimate of drug-likeness (QED) is 0.136. The molecule has 10 nitrogen and oxygen atoms in total. The number of piperidine rings is 1. The highest BCUT2D eigenvalue weighted by molar-refractivity contribution is 6.00. The molecule has 302 valence electrons. The summed E-state index contributed by atoms with van der Waals surface area (Å²) in [6, 6.07) is 12.7. The van der Waals surface area contributed by atoms with Gasteiger partial charge in [-0.25, -0.2) is 0 Å². The van der Waals surface area contributed by atoms with Gasteiger partial charge in [0.15, 0.2) is 0 Å². The van der Waals surface area contributed by atoms with Crippen molar-refractivity contribution in [2.45, 2.75) is 112 Å². The molecule has 55 heavy (non-hydrogen) atoms. The zero-order valence-corrected chi connectivity index (χ0v) is 34.8. The van der Waals surface area contributed by atoms with Crippen molar-refractivity contribution in [1.29, 1.82) is 0 Å². The fraction of sp³-hybridized carbons (Fsp3) is 0.556. The molecule has 3 heterocycles. The van der Waals surface area contributed by atoms with E-state index in [0.717, 1.165) is 103 Å². The SMILES string of the molecule is CC.CC=C(C[C@@H](C=O)Cc1cc(C)c(OC=O)c(C)c1)N1CCC(N(C=O)c2cnc3ccccc3c2NC)CC1.CCCN(CCC)C1CCOCC1. The van der Waals surface area contributed by atoms with Gasteiger partial charge in [0.2, 0.25) is 6.41 Å². The highest BCUT2D eigenvalue weighted by Gasteiger charge is 2.28. The summed E-state index contributed by atoms with van der Waals surface area (Å²) in [6.45, 7) is 20.9. The summed E-state index contributed by atoms with van der Waals surface area (Å²) in [4.78, 5) is 46.6. The van der Waals surface area contributed by atoms with Gasteiger partial charge in [0, 0.05) is 62.4 Å². The molecule has 1 amide bonds. The van der Waals surface area contributed by atoms with Crippen LogP contribution in [0.15, 0.2) is 54.4 Å². The molecule has 3 aromatic rings. The summed E-state index contributed by atoms with van der Waals surface area (Å²) < 4.78 is 10.5. The molecular weight excluding hydrogens is 691 g/mol. The van der Waals surface area contributed by atoms with Crippen molar-refractivity contribution in [1.82, 2.24) is 14.8 Å². The molecule has 0 unspecified atom stereocenters. The van der Waals surface area contributed by atoms with Gasteiger partial charge in [0.25, 0.3) is 6.47 Å². The molecule has 1 N–H and O–H groups in total. The number of benzene rings is 2. The van der Waals surface area contributed by atoms with E-state index in [-0.39, 0.29) is 12.0 Å². The first-order chi connectivity index (χ1) is 26.8. The van der Waals surface area contributed by atoms with Crippen molar-refractivity contribution in [3.8, 4) is 5.75 Å². The molecule has 0 spiro atoms. The largest absolute Gasteiger partial charge is 0.428 e. The molecule has 1 atom stereocenters. The Morgan fingerprint density at radius 1 is 0.982 bits per heavy atom. The van der Waals surface area contributed by atoms with E-state index in [2.05, 4.69) is 40.0 Å². The maximum Gasteiger partial charge on any atom is 0.298 e. The average Bonchev–Trinajstić information content (AvgIpc) is 3.22. The lowest BCUT2D eigenvalue weighted by Gasteiger charge is -2.39. The van der Waals surface area contributed by atoms with E-state index >= 15 is 0 Å². The molecule has 10 heteroatoms. The lowest BCUT2D eigenvalue weighted by molar-refractivity contribution is -0.120. The van der Waals surface area contributed by atoms with E-state index in [1.165, 1.54) is 38.8 Å². The second-order valence-corrected chi connectivity index (χ2v) is 14.3. The normalized spacial score (nSPS) is 15.7. The molecule has 0 aliphatic carbocycles. The lowest BCUT2D eigenvalue weighted by atomic mass is 9.92. The molecule has 1 aromatic heterocycles. The fourth-order valence-electron chi connectivity index (χ4n) is 8.02. The first kappa shape index (κ1) is 45.1. The topological polar surface area (TPSA) is 104 Å². The number of fused-ring (bicyclic) bond motifs is 1. The molecule has 0 bridgehead atoms. The van der Waals surface area contributed by atoms with Gasteiger partial charge in [-0.15, -0.1) is 0 Å². The highest BCUT2D eigenvalue weighted by Crippen LogP contribution is 2.35. The maximum absolute atomic E-state index is 12.3. The number of anilines is 2. The summed E-state index contributed by atoms with van der Waals surface area (Å²) in [5, 5.41) is 4.26. The van der Waals surface area contributed by atoms with Crippen LogP contribution in [0.1, 0.15) is 96.3 Å². The van der Waals surface area contributed by atoms with Crippen molar-refractivity contribution in [2.75, 3.05) is 56.7 Å². The number of rotatable bonds is 17. The third-order valence-corrected chi connectivity index (χ3v) is 10.6. The molecule has 2 saturated heterocycles. The van der Waals surface area contributed by atoms with Gasteiger partial charge in [-0.1, -0.05) is 64.1 Å². The van der Waals surface area contributed by atoms with E-state index in [0.29, 0.717) is 25.1 Å². The van der Waals surface area contributed by atoms with Crippen molar-refractivity contribution in [3.05, 3.63) is 71.1 Å². The van der Waals surface area contributed by atoms with Gasteiger partial charge < -0.3 is 34.3 Å². The first-order valence-corrected chi connectivity index (χ1v) is 20.5. The summed E-state index contributed by atoms with van der Waals surface area (Å²) >= 11 is 0. The summed E-state index contributed by atoms with van der Waals surface area (Å²) in [5.41, 5.74) is 6.52. The van der Waals surface area contributed by atoms with Crippen LogP contribution < -0.4 is 15.0 Å². The van der Waals surface area contributed by atoms with Gasteiger partial charge in [-0.2, -0.15) is 0 Å².